The predicted molar refractivity (Wildman–Crippen MR) is 111 cm³/mol. The Balaban J connectivity index is 1.51. The van der Waals surface area contributed by atoms with Crippen LogP contribution in [0.1, 0.15) is 19.9 Å². The molecule has 0 spiro atoms. The second-order valence-corrected chi connectivity index (χ2v) is 9.25. The third-order valence-corrected chi connectivity index (χ3v) is 6.92. The van der Waals surface area contributed by atoms with Gasteiger partial charge in [0, 0.05) is 44.0 Å². The van der Waals surface area contributed by atoms with Gasteiger partial charge < -0.3 is 9.47 Å². The van der Waals surface area contributed by atoms with Crippen LogP contribution in [-0.4, -0.2) is 58.4 Å². The highest BCUT2D eigenvalue weighted by Gasteiger charge is 2.32. The molecule has 4 rings (SSSR count). The number of nitrogens with zero attached hydrogens (tertiary/aromatic N) is 6. The molecule has 1 saturated heterocycles. The minimum atomic E-state index is -3.69. The minimum absolute atomic E-state index is 0.0317. The first kappa shape index (κ1) is 20.4. The van der Waals surface area contributed by atoms with Crippen LogP contribution in [-0.2, 0) is 10.0 Å². The first-order valence-electron chi connectivity index (χ1n) is 9.72. The van der Waals surface area contributed by atoms with E-state index in [0.29, 0.717) is 18.7 Å². The van der Waals surface area contributed by atoms with Crippen molar-refractivity contribution in [1.29, 1.82) is 0 Å². The molecule has 158 valence electrons. The lowest BCUT2D eigenvalue weighted by Crippen LogP contribution is -2.49. The Kier molecular flexibility index (Phi) is 5.52. The maximum atomic E-state index is 15.1. The van der Waals surface area contributed by atoms with Gasteiger partial charge in [-0.15, -0.1) is 0 Å². The Morgan fingerprint density at radius 1 is 1.00 bits per heavy atom. The number of aromatic nitrogens is 4. The number of piperazine rings is 1. The lowest BCUT2D eigenvalue weighted by Gasteiger charge is -2.34. The van der Waals surface area contributed by atoms with Crippen molar-refractivity contribution in [2.45, 2.75) is 24.9 Å². The van der Waals surface area contributed by atoms with Gasteiger partial charge >= 0.3 is 0 Å². The zero-order valence-electron chi connectivity index (χ0n) is 16.8. The average molecular weight is 431 g/mol. The number of halogens is 1. The van der Waals surface area contributed by atoms with Gasteiger partial charge in [-0.25, -0.2) is 27.8 Å². The van der Waals surface area contributed by atoms with Gasteiger partial charge in [-0.05, 0) is 13.8 Å². The molecule has 10 heteroatoms. The number of benzene rings is 1. The zero-order chi connectivity index (χ0) is 21.3. The molecule has 0 radical (unpaired) electrons. The lowest BCUT2D eigenvalue weighted by atomic mass is 10.1. The van der Waals surface area contributed by atoms with Crippen LogP contribution in [0.5, 0.6) is 0 Å². The fourth-order valence-corrected chi connectivity index (χ4v) is 4.73. The number of rotatable bonds is 5. The van der Waals surface area contributed by atoms with Crippen LogP contribution < -0.4 is 4.90 Å². The van der Waals surface area contributed by atoms with E-state index >= 15 is 4.39 Å². The molecule has 1 fully saturated rings. The van der Waals surface area contributed by atoms with Crippen molar-refractivity contribution in [1.82, 2.24) is 23.8 Å². The quantitative estimate of drug-likeness (QED) is 0.619. The summed E-state index contributed by atoms with van der Waals surface area (Å²) in [7, 11) is -3.69. The third kappa shape index (κ3) is 3.80. The molecule has 0 atom stereocenters. The highest BCUT2D eigenvalue weighted by molar-refractivity contribution is 7.89. The molecule has 1 aliphatic heterocycles. The maximum absolute atomic E-state index is 15.1. The molecule has 2 aromatic heterocycles. The van der Waals surface area contributed by atoms with Crippen molar-refractivity contribution < 1.29 is 12.8 Å². The first-order chi connectivity index (χ1) is 14.4. The number of hydrogen-bond donors (Lipinski definition) is 0. The summed E-state index contributed by atoms with van der Waals surface area (Å²) < 4.78 is 44.1. The Morgan fingerprint density at radius 3 is 2.33 bits per heavy atom. The molecule has 8 nitrogen and oxygen atoms in total. The maximum Gasteiger partial charge on any atom is 0.262 e. The van der Waals surface area contributed by atoms with Crippen molar-refractivity contribution in [2.75, 3.05) is 31.1 Å². The van der Waals surface area contributed by atoms with Gasteiger partial charge in [0.15, 0.2) is 16.7 Å². The van der Waals surface area contributed by atoms with Crippen LogP contribution in [0.3, 0.4) is 0 Å². The van der Waals surface area contributed by atoms with E-state index in [9.17, 15) is 8.42 Å². The first-order valence-corrected chi connectivity index (χ1v) is 11.2. The molecule has 1 aliphatic rings. The van der Waals surface area contributed by atoms with E-state index in [1.54, 1.807) is 27.8 Å². The molecule has 1 aromatic carbocycles. The zero-order valence-corrected chi connectivity index (χ0v) is 17.6. The van der Waals surface area contributed by atoms with E-state index in [2.05, 4.69) is 15.0 Å². The van der Waals surface area contributed by atoms with Crippen LogP contribution in [0, 0.1) is 5.82 Å². The number of anilines is 1. The standard InChI is InChI=1S/C20H23FN6O2S/c1-15(2)26-12-17(24-14-26)30(28,29)27-10-8-25(9-11-27)20-18(21)19(22-13-23-20)16-6-4-3-5-7-16/h3-7,12-15H,8-11H2,1-2H3. The normalized spacial score (nSPS) is 15.7. The minimum Gasteiger partial charge on any atom is -0.351 e. The lowest BCUT2D eigenvalue weighted by molar-refractivity contribution is 0.380. The number of hydrogen-bond acceptors (Lipinski definition) is 6. The third-order valence-electron chi connectivity index (χ3n) is 5.13. The van der Waals surface area contributed by atoms with Gasteiger partial charge in [0.25, 0.3) is 10.0 Å². The molecule has 0 aliphatic carbocycles. The molecule has 3 aromatic rings. The van der Waals surface area contributed by atoms with Crippen molar-refractivity contribution in [3.8, 4) is 11.3 Å². The van der Waals surface area contributed by atoms with Gasteiger partial charge in [-0.2, -0.15) is 4.31 Å². The average Bonchev–Trinajstić information content (AvgIpc) is 3.26. The Morgan fingerprint density at radius 2 is 1.70 bits per heavy atom. The molecule has 3 heterocycles. The molecule has 0 unspecified atom stereocenters. The second kappa shape index (κ2) is 8.11. The summed E-state index contributed by atoms with van der Waals surface area (Å²) in [6.07, 6.45) is 4.40. The van der Waals surface area contributed by atoms with Crippen LogP contribution in [0.15, 0.2) is 54.2 Å². The van der Waals surface area contributed by atoms with Gasteiger partial charge in [0.2, 0.25) is 0 Å². The Bertz CT molecular complexity index is 1130. The highest BCUT2D eigenvalue weighted by Crippen LogP contribution is 2.27. The Labute approximate surface area is 175 Å². The van der Waals surface area contributed by atoms with E-state index in [0.717, 1.165) is 0 Å². The summed E-state index contributed by atoms with van der Waals surface area (Å²) in [6, 6.07) is 9.19. The van der Waals surface area contributed by atoms with Crippen molar-refractivity contribution in [3.05, 3.63) is 55.0 Å². The van der Waals surface area contributed by atoms with Gasteiger partial charge in [-0.3, -0.25) is 0 Å². The molecule has 0 amide bonds. The van der Waals surface area contributed by atoms with E-state index in [4.69, 9.17) is 0 Å². The molecule has 30 heavy (non-hydrogen) atoms. The van der Waals surface area contributed by atoms with Crippen molar-refractivity contribution in [2.24, 2.45) is 0 Å². The van der Waals surface area contributed by atoms with Crippen LogP contribution in [0.25, 0.3) is 11.3 Å². The SMILES string of the molecule is CC(C)n1cnc(S(=O)(=O)N2CCN(c3ncnc(-c4ccccc4)c3F)CC2)c1. The summed E-state index contributed by atoms with van der Waals surface area (Å²) in [6.45, 7) is 5.01. The summed E-state index contributed by atoms with van der Waals surface area (Å²) >= 11 is 0. The van der Waals surface area contributed by atoms with Crippen LogP contribution in [0.4, 0.5) is 10.2 Å². The van der Waals surface area contributed by atoms with Crippen LogP contribution >= 0.6 is 0 Å². The second-order valence-electron chi connectivity index (χ2n) is 7.37. The van der Waals surface area contributed by atoms with E-state index < -0.39 is 15.8 Å². The molecule has 0 bridgehead atoms. The molecular formula is C20H23FN6O2S. The Hall–Kier alpha value is -2.85. The predicted octanol–water partition coefficient (Wildman–Crippen LogP) is 2.57. The van der Waals surface area contributed by atoms with Crippen molar-refractivity contribution in [3.63, 3.8) is 0 Å². The van der Waals surface area contributed by atoms with Crippen molar-refractivity contribution >= 4 is 15.8 Å². The van der Waals surface area contributed by atoms with Crippen LogP contribution in [0.2, 0.25) is 0 Å². The van der Waals surface area contributed by atoms with E-state index in [1.165, 1.54) is 17.0 Å². The van der Waals surface area contributed by atoms with E-state index in [1.807, 2.05) is 32.0 Å². The smallest absolute Gasteiger partial charge is 0.262 e. The number of imidazole rings is 1. The summed E-state index contributed by atoms with van der Waals surface area (Å²) in [5.74, 6) is -0.319. The summed E-state index contributed by atoms with van der Waals surface area (Å²) in [5.41, 5.74) is 0.899. The fraction of sp³-hybridized carbons (Fsp3) is 0.350. The van der Waals surface area contributed by atoms with Gasteiger partial charge in [0.1, 0.15) is 12.0 Å². The molecule has 0 N–H and O–H groups in total. The van der Waals surface area contributed by atoms with Gasteiger partial charge in [-0.1, -0.05) is 30.3 Å². The summed E-state index contributed by atoms with van der Waals surface area (Å²) in [4.78, 5) is 14.0. The highest BCUT2D eigenvalue weighted by atomic mass is 32.2. The van der Waals surface area contributed by atoms with E-state index in [-0.39, 0.29) is 35.7 Å². The number of sulfonamides is 1. The largest absolute Gasteiger partial charge is 0.351 e. The summed E-state index contributed by atoms with van der Waals surface area (Å²) in [5, 5.41) is 0.0317. The van der Waals surface area contributed by atoms with Gasteiger partial charge in [0.05, 0.1) is 6.33 Å². The topological polar surface area (TPSA) is 84.2 Å². The monoisotopic (exact) mass is 430 g/mol. The molecular weight excluding hydrogens is 407 g/mol. The molecule has 0 saturated carbocycles. The fourth-order valence-electron chi connectivity index (χ4n) is 3.38.